The van der Waals surface area contributed by atoms with Gasteiger partial charge in [-0.1, -0.05) is 6.07 Å². The zero-order chi connectivity index (χ0) is 15.2. The number of anilines is 1. The first-order valence-electron chi connectivity index (χ1n) is 6.60. The number of carbonyl (C=O) groups excluding carboxylic acids is 1. The van der Waals surface area contributed by atoms with E-state index in [-0.39, 0.29) is 0 Å². The standard InChI is InChI=1S/C15H16N2O3S/c1-15(2,3)20-14(19)17-11-8-21-7-10(11)9-5-4-6-16-12(9)13(17)18/h4-8,13,18H,1-3H3. The van der Waals surface area contributed by atoms with E-state index in [0.717, 1.165) is 11.1 Å². The lowest BCUT2D eigenvalue weighted by Gasteiger charge is -2.34. The van der Waals surface area contributed by atoms with Gasteiger partial charge in [-0.15, -0.1) is 11.3 Å². The SMILES string of the molecule is CC(C)(C)OC(=O)N1c2cscc2-c2cccnc2C1O. The van der Waals surface area contributed by atoms with E-state index in [1.54, 1.807) is 27.0 Å². The molecule has 0 aromatic carbocycles. The topological polar surface area (TPSA) is 62.7 Å². The van der Waals surface area contributed by atoms with Crippen molar-refractivity contribution in [3.05, 3.63) is 34.8 Å². The van der Waals surface area contributed by atoms with Crippen LogP contribution < -0.4 is 4.90 Å². The molecule has 1 aliphatic rings. The Morgan fingerprint density at radius 1 is 1.38 bits per heavy atom. The molecule has 0 saturated carbocycles. The van der Waals surface area contributed by atoms with Crippen LogP contribution in [0.3, 0.4) is 0 Å². The van der Waals surface area contributed by atoms with Crippen LogP contribution in [0, 0.1) is 0 Å². The molecule has 0 radical (unpaired) electrons. The smallest absolute Gasteiger partial charge is 0.417 e. The second-order valence-corrected chi connectivity index (χ2v) is 6.57. The van der Waals surface area contributed by atoms with E-state index in [0.29, 0.717) is 11.4 Å². The van der Waals surface area contributed by atoms with E-state index < -0.39 is 17.9 Å². The Bertz CT molecular complexity index is 690. The Morgan fingerprint density at radius 2 is 2.14 bits per heavy atom. The van der Waals surface area contributed by atoms with Crippen molar-refractivity contribution in [1.29, 1.82) is 0 Å². The van der Waals surface area contributed by atoms with Gasteiger partial charge in [0.2, 0.25) is 0 Å². The first-order chi connectivity index (χ1) is 9.88. The van der Waals surface area contributed by atoms with Crippen molar-refractivity contribution >= 4 is 23.1 Å². The van der Waals surface area contributed by atoms with Gasteiger partial charge in [0.05, 0.1) is 11.4 Å². The lowest BCUT2D eigenvalue weighted by atomic mass is 10.00. The van der Waals surface area contributed by atoms with Crippen LogP contribution >= 0.6 is 11.3 Å². The number of ether oxygens (including phenoxy) is 1. The number of pyridine rings is 1. The van der Waals surface area contributed by atoms with Gasteiger partial charge >= 0.3 is 6.09 Å². The lowest BCUT2D eigenvalue weighted by Crippen LogP contribution is -2.41. The van der Waals surface area contributed by atoms with Crippen molar-refractivity contribution in [1.82, 2.24) is 4.98 Å². The predicted octanol–water partition coefficient (Wildman–Crippen LogP) is 3.56. The van der Waals surface area contributed by atoms with E-state index in [1.165, 1.54) is 16.2 Å². The van der Waals surface area contributed by atoms with Gasteiger partial charge in [0.15, 0.2) is 6.23 Å². The second-order valence-electron chi connectivity index (χ2n) is 5.83. The summed E-state index contributed by atoms with van der Waals surface area (Å²) in [5.74, 6) is 0. The highest BCUT2D eigenvalue weighted by Gasteiger charge is 2.37. The summed E-state index contributed by atoms with van der Waals surface area (Å²) in [5.41, 5.74) is 2.23. The first-order valence-corrected chi connectivity index (χ1v) is 7.54. The van der Waals surface area contributed by atoms with Crippen molar-refractivity contribution in [3.8, 4) is 11.1 Å². The third kappa shape index (κ3) is 2.41. The lowest BCUT2D eigenvalue weighted by molar-refractivity contribution is 0.0466. The Kier molecular flexibility index (Phi) is 3.22. The maximum absolute atomic E-state index is 12.4. The summed E-state index contributed by atoms with van der Waals surface area (Å²) in [6, 6.07) is 3.71. The summed E-state index contributed by atoms with van der Waals surface area (Å²) in [7, 11) is 0. The minimum Gasteiger partial charge on any atom is -0.443 e. The minimum atomic E-state index is -1.14. The highest BCUT2D eigenvalue weighted by Crippen LogP contribution is 2.45. The molecule has 0 saturated heterocycles. The number of nitrogens with zero attached hydrogens (tertiary/aromatic N) is 2. The number of hydrogen-bond acceptors (Lipinski definition) is 5. The number of aliphatic hydroxyl groups is 1. The molecule has 1 aliphatic heterocycles. The number of thiophene rings is 1. The van der Waals surface area contributed by atoms with Gasteiger partial charge in [0.1, 0.15) is 5.60 Å². The van der Waals surface area contributed by atoms with E-state index in [9.17, 15) is 9.90 Å². The average molecular weight is 304 g/mol. The molecule has 2 aromatic rings. The molecule has 0 bridgehead atoms. The molecule has 1 amide bonds. The van der Waals surface area contributed by atoms with Gasteiger partial charge in [0.25, 0.3) is 0 Å². The van der Waals surface area contributed by atoms with Crippen molar-refractivity contribution in [3.63, 3.8) is 0 Å². The normalized spacial score (nSPS) is 17.1. The number of carbonyl (C=O) groups is 1. The zero-order valence-electron chi connectivity index (χ0n) is 12.0. The number of amides is 1. The van der Waals surface area contributed by atoms with Gasteiger partial charge in [0, 0.05) is 28.1 Å². The molecular weight excluding hydrogens is 288 g/mol. The number of aromatic nitrogens is 1. The summed E-state index contributed by atoms with van der Waals surface area (Å²) in [4.78, 5) is 17.9. The molecule has 6 heteroatoms. The van der Waals surface area contributed by atoms with E-state index >= 15 is 0 Å². The van der Waals surface area contributed by atoms with Crippen molar-refractivity contribution < 1.29 is 14.6 Å². The second kappa shape index (κ2) is 4.82. The number of hydrogen-bond donors (Lipinski definition) is 1. The van der Waals surface area contributed by atoms with Gasteiger partial charge in [-0.25, -0.2) is 9.69 Å². The average Bonchev–Trinajstić information content (AvgIpc) is 2.86. The van der Waals surface area contributed by atoms with Gasteiger partial charge in [-0.2, -0.15) is 0 Å². The third-order valence-electron chi connectivity index (χ3n) is 3.11. The molecule has 1 unspecified atom stereocenters. The molecule has 2 aromatic heterocycles. The van der Waals surface area contributed by atoms with Crippen molar-refractivity contribution in [2.24, 2.45) is 0 Å². The summed E-state index contributed by atoms with van der Waals surface area (Å²) in [5, 5.41) is 14.3. The zero-order valence-corrected chi connectivity index (χ0v) is 12.8. The van der Waals surface area contributed by atoms with E-state index in [2.05, 4.69) is 4.98 Å². The Morgan fingerprint density at radius 3 is 2.86 bits per heavy atom. The first kappa shape index (κ1) is 14.0. The third-order valence-corrected chi connectivity index (χ3v) is 3.84. The minimum absolute atomic E-state index is 0.467. The number of fused-ring (bicyclic) bond motifs is 3. The Hall–Kier alpha value is -1.92. The molecule has 1 N–H and O–H groups in total. The molecular formula is C15H16N2O3S. The monoisotopic (exact) mass is 304 g/mol. The fourth-order valence-electron chi connectivity index (χ4n) is 2.29. The van der Waals surface area contributed by atoms with Crippen molar-refractivity contribution in [2.75, 3.05) is 4.90 Å². The number of rotatable bonds is 0. The molecule has 21 heavy (non-hydrogen) atoms. The van der Waals surface area contributed by atoms with Crippen LogP contribution in [0.25, 0.3) is 11.1 Å². The van der Waals surface area contributed by atoms with E-state index in [1.807, 2.05) is 22.9 Å². The van der Waals surface area contributed by atoms with Crippen LogP contribution in [0.4, 0.5) is 10.5 Å². The molecule has 0 fully saturated rings. The van der Waals surface area contributed by atoms with Crippen LogP contribution in [0.1, 0.15) is 32.7 Å². The van der Waals surface area contributed by atoms with Crippen LogP contribution in [0.15, 0.2) is 29.1 Å². The molecule has 5 nitrogen and oxygen atoms in total. The summed E-state index contributed by atoms with van der Waals surface area (Å²) >= 11 is 1.47. The molecule has 3 heterocycles. The van der Waals surface area contributed by atoms with Crippen molar-refractivity contribution in [2.45, 2.75) is 32.6 Å². The summed E-state index contributed by atoms with van der Waals surface area (Å²) < 4.78 is 5.39. The molecule has 0 aliphatic carbocycles. The molecule has 1 atom stereocenters. The molecule has 0 spiro atoms. The van der Waals surface area contributed by atoms with Crippen LogP contribution in [-0.4, -0.2) is 21.8 Å². The highest BCUT2D eigenvalue weighted by atomic mass is 32.1. The molecule has 110 valence electrons. The Balaban J connectivity index is 2.07. The van der Waals surface area contributed by atoms with Gasteiger partial charge < -0.3 is 9.84 Å². The van der Waals surface area contributed by atoms with Crippen LogP contribution in [-0.2, 0) is 4.74 Å². The van der Waals surface area contributed by atoms with Gasteiger partial charge in [-0.05, 0) is 26.8 Å². The quantitative estimate of drug-likeness (QED) is 0.808. The van der Waals surface area contributed by atoms with E-state index in [4.69, 9.17) is 4.74 Å². The van der Waals surface area contributed by atoms with Gasteiger partial charge in [-0.3, -0.25) is 4.98 Å². The summed E-state index contributed by atoms with van der Waals surface area (Å²) in [6.07, 6.45) is -0.115. The fraction of sp³-hybridized carbons (Fsp3) is 0.333. The Labute approximate surface area is 126 Å². The maximum Gasteiger partial charge on any atom is 0.417 e. The highest BCUT2D eigenvalue weighted by molar-refractivity contribution is 7.08. The number of aliphatic hydroxyl groups excluding tert-OH is 1. The maximum atomic E-state index is 12.4. The van der Waals surface area contributed by atoms with Crippen LogP contribution in [0.2, 0.25) is 0 Å². The molecule has 3 rings (SSSR count). The van der Waals surface area contributed by atoms with Crippen LogP contribution in [0.5, 0.6) is 0 Å². The summed E-state index contributed by atoms with van der Waals surface area (Å²) in [6.45, 7) is 5.38. The fourth-order valence-corrected chi connectivity index (χ4v) is 3.11. The predicted molar refractivity (Wildman–Crippen MR) is 81.2 cm³/mol. The largest absolute Gasteiger partial charge is 0.443 e.